The van der Waals surface area contributed by atoms with Gasteiger partial charge in [-0.05, 0) is 58.1 Å². The van der Waals surface area contributed by atoms with Gasteiger partial charge in [0.05, 0.1) is 7.11 Å². The van der Waals surface area contributed by atoms with Crippen LogP contribution in [0.15, 0.2) is 17.9 Å². The zero-order chi connectivity index (χ0) is 18.5. The molecule has 0 saturated carbocycles. The topological polar surface area (TPSA) is 59.1 Å². The summed E-state index contributed by atoms with van der Waals surface area (Å²) >= 11 is 0. The van der Waals surface area contributed by atoms with E-state index in [4.69, 9.17) is 9.47 Å². The third kappa shape index (κ3) is 5.62. The number of carbonyl (C=O) groups is 1. The number of likely N-dealkylation sites (tertiary alicyclic amines) is 2. The van der Waals surface area contributed by atoms with Gasteiger partial charge in [-0.1, -0.05) is 6.08 Å². The molecule has 0 aliphatic carbocycles. The maximum atomic E-state index is 12.2. The Morgan fingerprint density at radius 2 is 1.84 bits per heavy atom. The van der Waals surface area contributed by atoms with Crippen molar-refractivity contribution in [2.75, 3.05) is 39.8 Å². The summed E-state index contributed by atoms with van der Waals surface area (Å²) in [5.74, 6) is 1.98. The monoisotopic (exact) mass is 350 g/mol. The van der Waals surface area contributed by atoms with Crippen molar-refractivity contribution in [2.45, 2.75) is 45.6 Å². The number of ether oxygens (including phenoxy) is 2. The lowest BCUT2D eigenvalue weighted by atomic mass is 9.78. The van der Waals surface area contributed by atoms with Crippen molar-refractivity contribution in [1.82, 2.24) is 9.80 Å². The van der Waals surface area contributed by atoms with Crippen molar-refractivity contribution in [3.8, 4) is 0 Å². The number of methoxy groups -OCH3 is 1. The summed E-state index contributed by atoms with van der Waals surface area (Å²) in [6.07, 6.45) is 6.60. The van der Waals surface area contributed by atoms with Crippen molar-refractivity contribution >= 4 is 12.0 Å². The number of rotatable bonds is 4. The average Bonchev–Trinajstić information content (AvgIpc) is 2.93. The molecule has 0 atom stereocenters. The minimum atomic E-state index is -0.445. The van der Waals surface area contributed by atoms with E-state index in [-0.39, 0.29) is 11.9 Å². The SMILES string of the molecule is COC(=C=O)/C=C/CN1CCC2(CCN(C(=O)OC(C)(C)C)CC2)C1. The first kappa shape index (κ1) is 19.5. The van der Waals surface area contributed by atoms with E-state index in [9.17, 15) is 9.59 Å². The van der Waals surface area contributed by atoms with Crippen LogP contribution in [0.1, 0.15) is 40.0 Å². The second kappa shape index (κ2) is 8.07. The highest BCUT2D eigenvalue weighted by Gasteiger charge is 2.41. The number of amides is 1. The van der Waals surface area contributed by atoms with Crippen molar-refractivity contribution < 1.29 is 19.1 Å². The highest BCUT2D eigenvalue weighted by molar-refractivity contribution is 5.68. The second-order valence-electron chi connectivity index (χ2n) is 8.03. The number of allylic oxidation sites excluding steroid dienone is 1. The van der Waals surface area contributed by atoms with E-state index in [1.54, 1.807) is 12.0 Å². The Kier molecular flexibility index (Phi) is 6.31. The fourth-order valence-corrected chi connectivity index (χ4v) is 3.53. The van der Waals surface area contributed by atoms with Crippen molar-refractivity contribution in [3.63, 3.8) is 0 Å². The fourth-order valence-electron chi connectivity index (χ4n) is 3.53. The number of carbonyl (C=O) groups excluding carboxylic acids is 2. The van der Waals surface area contributed by atoms with Crippen LogP contribution in [-0.2, 0) is 14.3 Å². The van der Waals surface area contributed by atoms with E-state index in [1.807, 2.05) is 31.7 Å². The van der Waals surface area contributed by atoms with Crippen LogP contribution in [0.2, 0.25) is 0 Å². The van der Waals surface area contributed by atoms with Gasteiger partial charge >= 0.3 is 6.09 Å². The van der Waals surface area contributed by atoms with E-state index >= 15 is 0 Å². The first-order valence-corrected chi connectivity index (χ1v) is 8.93. The summed E-state index contributed by atoms with van der Waals surface area (Å²) in [5, 5.41) is 0. The molecule has 2 aliphatic rings. The predicted octanol–water partition coefficient (Wildman–Crippen LogP) is 2.63. The second-order valence-corrected chi connectivity index (χ2v) is 8.03. The highest BCUT2D eigenvalue weighted by Crippen LogP contribution is 2.40. The van der Waals surface area contributed by atoms with E-state index in [0.717, 1.165) is 52.0 Å². The molecule has 0 aromatic heterocycles. The molecule has 2 saturated heterocycles. The Labute approximate surface area is 150 Å². The summed E-state index contributed by atoms with van der Waals surface area (Å²) in [7, 11) is 1.47. The van der Waals surface area contributed by atoms with E-state index in [0.29, 0.717) is 5.41 Å². The Balaban J connectivity index is 1.80. The van der Waals surface area contributed by atoms with Crippen LogP contribution in [0.3, 0.4) is 0 Å². The van der Waals surface area contributed by atoms with Gasteiger partial charge in [0.15, 0.2) is 5.94 Å². The number of piperidine rings is 1. The lowest BCUT2D eigenvalue weighted by molar-refractivity contribution is 0.0111. The molecule has 6 heteroatoms. The molecule has 140 valence electrons. The van der Waals surface area contributed by atoms with Crippen molar-refractivity contribution in [1.29, 1.82) is 0 Å². The van der Waals surface area contributed by atoms with Crippen LogP contribution in [0.5, 0.6) is 0 Å². The molecular weight excluding hydrogens is 320 g/mol. The number of hydrogen-bond donors (Lipinski definition) is 0. The Bertz CT molecular complexity index is 550. The molecule has 2 heterocycles. The average molecular weight is 350 g/mol. The molecule has 1 spiro atoms. The molecule has 0 N–H and O–H groups in total. The van der Waals surface area contributed by atoms with Crippen LogP contribution in [-0.4, -0.2) is 67.3 Å². The highest BCUT2D eigenvalue weighted by atomic mass is 16.6. The predicted molar refractivity (Wildman–Crippen MR) is 95.9 cm³/mol. The van der Waals surface area contributed by atoms with E-state index in [1.165, 1.54) is 7.11 Å². The molecule has 6 nitrogen and oxygen atoms in total. The molecule has 25 heavy (non-hydrogen) atoms. The zero-order valence-electron chi connectivity index (χ0n) is 15.8. The Morgan fingerprint density at radius 3 is 2.40 bits per heavy atom. The maximum absolute atomic E-state index is 12.2. The molecule has 2 fully saturated rings. The minimum absolute atomic E-state index is 0.201. The van der Waals surface area contributed by atoms with Gasteiger partial charge in [-0.15, -0.1) is 0 Å². The van der Waals surface area contributed by atoms with Crippen LogP contribution in [0.4, 0.5) is 4.79 Å². The smallest absolute Gasteiger partial charge is 0.410 e. The van der Waals surface area contributed by atoms with Crippen LogP contribution in [0.25, 0.3) is 0 Å². The molecule has 0 bridgehead atoms. The van der Waals surface area contributed by atoms with Gasteiger partial charge in [-0.2, -0.15) is 0 Å². The lowest BCUT2D eigenvalue weighted by Crippen LogP contribution is -2.46. The quantitative estimate of drug-likeness (QED) is 0.443. The first-order chi connectivity index (χ1) is 11.8. The van der Waals surface area contributed by atoms with Gasteiger partial charge in [-0.25, -0.2) is 9.59 Å². The zero-order valence-corrected chi connectivity index (χ0v) is 15.8. The van der Waals surface area contributed by atoms with E-state index in [2.05, 4.69) is 4.90 Å². The summed E-state index contributed by atoms with van der Waals surface area (Å²) in [6.45, 7) is 10.1. The third-order valence-corrected chi connectivity index (χ3v) is 4.95. The Hall–Kier alpha value is -1.78. The summed E-state index contributed by atoms with van der Waals surface area (Å²) in [4.78, 5) is 27.0. The van der Waals surface area contributed by atoms with Gasteiger partial charge in [-0.3, -0.25) is 4.90 Å². The van der Waals surface area contributed by atoms with E-state index < -0.39 is 5.60 Å². The molecule has 0 unspecified atom stereocenters. The molecule has 0 aromatic rings. The number of hydrogen-bond acceptors (Lipinski definition) is 5. The standard InChI is InChI=1S/C19H30N2O4/c1-18(2,3)25-17(23)21-12-8-19(9-13-21)7-11-20(15-19)10-5-6-16(14-22)24-4/h5-6H,7-13,15H2,1-4H3/b6-5+. The first-order valence-electron chi connectivity index (χ1n) is 8.93. The normalized spacial score (nSPS) is 20.7. The molecule has 0 aromatic carbocycles. The van der Waals surface area contributed by atoms with Gasteiger partial charge in [0.1, 0.15) is 5.60 Å². The maximum Gasteiger partial charge on any atom is 0.410 e. The lowest BCUT2D eigenvalue weighted by Gasteiger charge is -2.39. The van der Waals surface area contributed by atoms with Gasteiger partial charge in [0.2, 0.25) is 5.76 Å². The summed E-state index contributed by atoms with van der Waals surface area (Å²) in [6, 6.07) is 0. The molecule has 2 aliphatic heterocycles. The minimum Gasteiger partial charge on any atom is -0.487 e. The third-order valence-electron chi connectivity index (χ3n) is 4.95. The van der Waals surface area contributed by atoms with Gasteiger partial charge < -0.3 is 14.4 Å². The van der Waals surface area contributed by atoms with Crippen molar-refractivity contribution in [2.24, 2.45) is 5.41 Å². The molecule has 2 rings (SSSR count). The summed E-state index contributed by atoms with van der Waals surface area (Å²) in [5.41, 5.74) is -0.142. The molecular formula is C19H30N2O4. The van der Waals surface area contributed by atoms with Crippen molar-refractivity contribution in [3.05, 3.63) is 17.9 Å². The molecule has 0 radical (unpaired) electrons. The van der Waals surface area contributed by atoms with Gasteiger partial charge in [0, 0.05) is 26.2 Å². The van der Waals surface area contributed by atoms with Crippen LogP contribution >= 0.6 is 0 Å². The van der Waals surface area contributed by atoms with Crippen LogP contribution < -0.4 is 0 Å². The summed E-state index contributed by atoms with van der Waals surface area (Å²) < 4.78 is 10.3. The Morgan fingerprint density at radius 1 is 1.20 bits per heavy atom. The molecule has 1 amide bonds. The number of nitrogens with zero attached hydrogens (tertiary/aromatic N) is 2. The fraction of sp³-hybridized carbons (Fsp3) is 0.737. The largest absolute Gasteiger partial charge is 0.487 e. The van der Waals surface area contributed by atoms with Gasteiger partial charge in [0.25, 0.3) is 0 Å². The van der Waals surface area contributed by atoms with Crippen LogP contribution in [0, 0.1) is 5.41 Å².